The van der Waals surface area contributed by atoms with E-state index < -0.39 is 17.8 Å². The molecule has 6 nitrogen and oxygen atoms in total. The summed E-state index contributed by atoms with van der Waals surface area (Å²) in [6, 6.07) is 6.57. The maximum absolute atomic E-state index is 12.6. The van der Waals surface area contributed by atoms with Crippen LogP contribution in [0.3, 0.4) is 0 Å². The molecule has 5 rings (SSSR count). The molecule has 4 fully saturated rings. The number of nitrogens with one attached hydrogen (secondary N) is 2. The summed E-state index contributed by atoms with van der Waals surface area (Å²) in [5, 5.41) is 5.63. The number of hydrogen-bond donors (Lipinski definition) is 2. The fourth-order valence-electron chi connectivity index (χ4n) is 5.72. The van der Waals surface area contributed by atoms with Crippen molar-refractivity contribution in [2.45, 2.75) is 51.0 Å². The van der Waals surface area contributed by atoms with Crippen LogP contribution >= 0.6 is 0 Å². The van der Waals surface area contributed by atoms with Gasteiger partial charge in [-0.3, -0.25) is 9.59 Å². The Balaban J connectivity index is 1.44. The summed E-state index contributed by atoms with van der Waals surface area (Å²) in [6.45, 7) is 1.96. The third kappa shape index (κ3) is 3.57. The van der Waals surface area contributed by atoms with Gasteiger partial charge in [0.05, 0.1) is 17.9 Å². The second kappa shape index (κ2) is 6.98. The molecule has 0 aliphatic heterocycles. The topological polar surface area (TPSA) is 84.5 Å². The molecule has 1 aromatic carbocycles. The van der Waals surface area contributed by atoms with E-state index in [4.69, 9.17) is 4.74 Å². The summed E-state index contributed by atoms with van der Waals surface area (Å²) in [4.78, 5) is 37.1. The first-order chi connectivity index (χ1) is 13.0. The van der Waals surface area contributed by atoms with Crippen molar-refractivity contribution in [3.63, 3.8) is 0 Å². The van der Waals surface area contributed by atoms with E-state index in [1.807, 2.05) is 0 Å². The molecule has 0 unspecified atom stereocenters. The minimum atomic E-state index is -0.734. The van der Waals surface area contributed by atoms with Gasteiger partial charge in [-0.25, -0.2) is 4.79 Å². The van der Waals surface area contributed by atoms with Crippen molar-refractivity contribution in [3.05, 3.63) is 29.8 Å². The maximum atomic E-state index is 12.6. The van der Waals surface area contributed by atoms with Crippen LogP contribution in [0.15, 0.2) is 24.3 Å². The summed E-state index contributed by atoms with van der Waals surface area (Å²) in [5.74, 6) is 0.186. The molecule has 0 saturated heterocycles. The van der Waals surface area contributed by atoms with E-state index in [-0.39, 0.29) is 17.7 Å². The second-order valence-electron chi connectivity index (χ2n) is 8.37. The Labute approximate surface area is 159 Å². The maximum Gasteiger partial charge on any atom is 0.340 e. The van der Waals surface area contributed by atoms with Crippen molar-refractivity contribution >= 4 is 23.5 Å². The molecular weight excluding hydrogens is 344 g/mol. The third-order valence-electron chi connectivity index (χ3n) is 6.29. The summed E-state index contributed by atoms with van der Waals surface area (Å²) in [5.41, 5.74) is 0.320. The van der Waals surface area contributed by atoms with Gasteiger partial charge in [0, 0.05) is 5.54 Å². The first-order valence-corrected chi connectivity index (χ1v) is 9.87. The molecule has 0 spiro atoms. The highest BCUT2D eigenvalue weighted by atomic mass is 16.5. The van der Waals surface area contributed by atoms with E-state index >= 15 is 0 Å². The van der Waals surface area contributed by atoms with Crippen LogP contribution in [0.4, 0.5) is 5.69 Å². The minimum absolute atomic E-state index is 0.218. The van der Waals surface area contributed by atoms with Gasteiger partial charge in [-0.2, -0.15) is 0 Å². The number of hydrogen-bond acceptors (Lipinski definition) is 4. The zero-order valence-electron chi connectivity index (χ0n) is 15.6. The van der Waals surface area contributed by atoms with Crippen molar-refractivity contribution in [2.75, 3.05) is 11.9 Å². The zero-order valence-corrected chi connectivity index (χ0v) is 15.6. The molecular formula is C21H26N2O4. The van der Waals surface area contributed by atoms with Gasteiger partial charge < -0.3 is 15.4 Å². The monoisotopic (exact) mass is 370 g/mol. The molecule has 4 aliphatic carbocycles. The van der Waals surface area contributed by atoms with E-state index in [0.29, 0.717) is 23.4 Å². The molecule has 0 atom stereocenters. The quantitative estimate of drug-likeness (QED) is 0.630. The molecule has 1 aromatic rings. The largest absolute Gasteiger partial charge is 0.462 e. The first-order valence-electron chi connectivity index (χ1n) is 9.87. The van der Waals surface area contributed by atoms with Crippen LogP contribution in [0.2, 0.25) is 0 Å². The van der Waals surface area contributed by atoms with Crippen molar-refractivity contribution in [1.82, 2.24) is 5.32 Å². The number of benzene rings is 1. The highest BCUT2D eigenvalue weighted by Crippen LogP contribution is 2.55. The average molecular weight is 370 g/mol. The zero-order chi connectivity index (χ0) is 19.0. The molecule has 27 heavy (non-hydrogen) atoms. The second-order valence-corrected chi connectivity index (χ2v) is 8.37. The Hall–Kier alpha value is -2.37. The predicted octanol–water partition coefficient (Wildman–Crippen LogP) is 2.89. The van der Waals surface area contributed by atoms with Crippen LogP contribution in [0.5, 0.6) is 0 Å². The highest BCUT2D eigenvalue weighted by molar-refractivity contribution is 6.40. The van der Waals surface area contributed by atoms with Crippen LogP contribution in [0.25, 0.3) is 0 Å². The molecule has 0 radical (unpaired) electrons. The molecule has 144 valence electrons. The Morgan fingerprint density at radius 3 is 2.19 bits per heavy atom. The van der Waals surface area contributed by atoms with Gasteiger partial charge in [-0.15, -0.1) is 0 Å². The highest BCUT2D eigenvalue weighted by Gasteiger charge is 2.51. The lowest BCUT2D eigenvalue weighted by Gasteiger charge is -2.56. The van der Waals surface area contributed by atoms with Crippen LogP contribution in [-0.4, -0.2) is 29.9 Å². The lowest BCUT2D eigenvalue weighted by molar-refractivity contribution is -0.139. The van der Waals surface area contributed by atoms with Crippen LogP contribution in [0.1, 0.15) is 55.8 Å². The molecule has 4 bridgehead atoms. The summed E-state index contributed by atoms with van der Waals surface area (Å²) >= 11 is 0. The number of carbonyl (C=O) groups is 3. The molecule has 4 aliphatic rings. The van der Waals surface area contributed by atoms with Gasteiger partial charge >= 0.3 is 17.8 Å². The number of ether oxygens (including phenoxy) is 1. The summed E-state index contributed by atoms with van der Waals surface area (Å²) < 4.78 is 5.01. The fraction of sp³-hybridized carbons (Fsp3) is 0.571. The Morgan fingerprint density at radius 1 is 1.00 bits per heavy atom. The molecule has 4 saturated carbocycles. The minimum Gasteiger partial charge on any atom is -0.462 e. The van der Waals surface area contributed by atoms with E-state index in [2.05, 4.69) is 10.6 Å². The van der Waals surface area contributed by atoms with E-state index in [9.17, 15) is 14.4 Å². The lowest BCUT2D eigenvalue weighted by Crippen LogP contribution is -2.61. The standard InChI is InChI=1S/C21H26N2O4/c1-2-27-20(26)16-5-3-4-6-17(16)22-18(24)19(25)23-21-10-13-7-14(11-21)9-15(8-13)12-21/h3-6,13-15H,2,7-12H2,1H3,(H,22,24)(H,23,25). The van der Waals surface area contributed by atoms with Crippen LogP contribution in [0, 0.1) is 17.8 Å². The van der Waals surface area contributed by atoms with Gasteiger partial charge in [0.1, 0.15) is 0 Å². The van der Waals surface area contributed by atoms with Crippen molar-refractivity contribution in [1.29, 1.82) is 0 Å². The molecule has 2 N–H and O–H groups in total. The Bertz CT molecular complexity index is 738. The van der Waals surface area contributed by atoms with Crippen molar-refractivity contribution in [2.24, 2.45) is 17.8 Å². The Morgan fingerprint density at radius 2 is 1.59 bits per heavy atom. The number of amides is 2. The molecule has 2 amide bonds. The van der Waals surface area contributed by atoms with Crippen molar-refractivity contribution in [3.8, 4) is 0 Å². The lowest BCUT2D eigenvalue weighted by atomic mass is 9.53. The van der Waals surface area contributed by atoms with Crippen LogP contribution < -0.4 is 10.6 Å². The van der Waals surface area contributed by atoms with Gasteiger partial charge in [0.15, 0.2) is 0 Å². The van der Waals surface area contributed by atoms with E-state index in [0.717, 1.165) is 19.3 Å². The summed E-state index contributed by atoms with van der Waals surface area (Å²) in [6.07, 6.45) is 6.77. The average Bonchev–Trinajstić information content (AvgIpc) is 2.60. The first kappa shape index (κ1) is 18.0. The van der Waals surface area contributed by atoms with Gasteiger partial charge in [-0.05, 0) is 75.3 Å². The van der Waals surface area contributed by atoms with Gasteiger partial charge in [-0.1, -0.05) is 12.1 Å². The number of esters is 1. The number of rotatable bonds is 4. The fourth-order valence-corrected chi connectivity index (χ4v) is 5.72. The van der Waals surface area contributed by atoms with Crippen molar-refractivity contribution < 1.29 is 19.1 Å². The van der Waals surface area contributed by atoms with E-state index in [1.54, 1.807) is 31.2 Å². The Kier molecular flexibility index (Phi) is 4.66. The number of carbonyl (C=O) groups excluding carboxylic acids is 3. The number of para-hydroxylation sites is 1. The molecule has 0 heterocycles. The van der Waals surface area contributed by atoms with E-state index in [1.165, 1.54) is 19.3 Å². The normalized spacial score (nSPS) is 30.6. The third-order valence-corrected chi connectivity index (χ3v) is 6.29. The molecule has 0 aromatic heterocycles. The van der Waals surface area contributed by atoms with Crippen LogP contribution in [-0.2, 0) is 14.3 Å². The smallest absolute Gasteiger partial charge is 0.340 e. The predicted molar refractivity (Wildman–Crippen MR) is 100 cm³/mol. The number of anilines is 1. The summed E-state index contributed by atoms with van der Waals surface area (Å²) in [7, 11) is 0. The SMILES string of the molecule is CCOC(=O)c1ccccc1NC(=O)C(=O)NC12CC3CC(CC(C3)C1)C2. The molecule has 6 heteroatoms. The van der Waals surface area contributed by atoms with Gasteiger partial charge in [0.25, 0.3) is 0 Å². The van der Waals surface area contributed by atoms with Gasteiger partial charge in [0.2, 0.25) is 0 Å².